The lowest BCUT2D eigenvalue weighted by Crippen LogP contribution is -2.35. The van der Waals surface area contributed by atoms with Gasteiger partial charge in [0.05, 0.1) is 9.79 Å². The first-order chi connectivity index (χ1) is 15.7. The minimum Gasteiger partial charge on any atom is -0.303 e. The van der Waals surface area contributed by atoms with Gasteiger partial charge in [0.2, 0.25) is 0 Å². The van der Waals surface area contributed by atoms with Gasteiger partial charge < -0.3 is 4.79 Å². The third kappa shape index (κ3) is 5.42. The summed E-state index contributed by atoms with van der Waals surface area (Å²) >= 11 is 0. The van der Waals surface area contributed by atoms with E-state index in [0.29, 0.717) is 6.29 Å². The summed E-state index contributed by atoms with van der Waals surface area (Å²) in [5.41, 5.74) is 0.873. The Morgan fingerprint density at radius 2 is 1.06 bits per heavy atom. The molecule has 0 amide bonds. The van der Waals surface area contributed by atoms with E-state index < -0.39 is 30.2 Å². The highest BCUT2D eigenvalue weighted by atomic mass is 32.3. The molecule has 3 rings (SSSR count). The van der Waals surface area contributed by atoms with E-state index in [1.165, 1.54) is 24.3 Å². The van der Waals surface area contributed by atoms with Crippen LogP contribution in [0.3, 0.4) is 0 Å². The summed E-state index contributed by atoms with van der Waals surface area (Å²) in [5, 5.41) is 0. The van der Waals surface area contributed by atoms with Crippen molar-refractivity contribution in [2.45, 2.75) is 40.6 Å². The number of hydrogen-bond donors (Lipinski definition) is 0. The molecule has 0 heterocycles. The molecule has 0 aliphatic rings. The zero-order chi connectivity index (χ0) is 24.1. The Morgan fingerprint density at radius 1 is 0.667 bits per heavy atom. The monoisotopic (exact) mass is 484 g/mol. The Labute approximate surface area is 196 Å². The average Bonchev–Trinajstić information content (AvgIpc) is 2.82. The number of benzene rings is 3. The molecule has 5 nitrogen and oxygen atoms in total. The van der Waals surface area contributed by atoms with Gasteiger partial charge in [-0.3, -0.25) is 0 Å². The van der Waals surface area contributed by atoms with Crippen LogP contribution in [0.2, 0.25) is 0 Å². The van der Waals surface area contributed by atoms with Crippen molar-refractivity contribution in [2.24, 2.45) is 11.8 Å². The summed E-state index contributed by atoms with van der Waals surface area (Å²) in [4.78, 5) is 12.1. The molecule has 0 spiro atoms. The van der Waals surface area contributed by atoms with Crippen LogP contribution in [0.5, 0.6) is 0 Å². The summed E-state index contributed by atoms with van der Waals surface area (Å²) in [5.74, 6) is -1.15. The van der Waals surface area contributed by atoms with Gasteiger partial charge in [-0.1, -0.05) is 80.6 Å². The summed E-state index contributed by atoms with van der Waals surface area (Å²) in [7, 11) is -8.60. The topological polar surface area (TPSA) is 85.3 Å². The van der Waals surface area contributed by atoms with Gasteiger partial charge in [-0.25, -0.2) is 16.8 Å². The van der Waals surface area contributed by atoms with E-state index in [4.69, 9.17) is 0 Å². The number of hydrogen-bond acceptors (Lipinski definition) is 5. The zero-order valence-corrected chi connectivity index (χ0v) is 20.2. The molecule has 3 aromatic carbocycles. The summed E-state index contributed by atoms with van der Waals surface area (Å²) < 4.78 is 52.8. The SMILES string of the molecule is CC(C)[C@@H](c1ccccc1)[C@@H](C=O)CC(S(=O)(=O)c1ccccc1)S(=O)(=O)c1ccccc1. The van der Waals surface area contributed by atoms with Crippen LogP contribution in [0.15, 0.2) is 101 Å². The van der Waals surface area contributed by atoms with Crippen molar-refractivity contribution in [3.8, 4) is 0 Å². The molecule has 0 bridgehead atoms. The molecule has 0 fully saturated rings. The zero-order valence-electron chi connectivity index (χ0n) is 18.6. The Morgan fingerprint density at radius 3 is 1.42 bits per heavy atom. The first kappa shape index (κ1) is 24.9. The second-order valence-electron chi connectivity index (χ2n) is 8.36. The maximum Gasteiger partial charge on any atom is 0.195 e. The third-order valence-corrected chi connectivity index (χ3v) is 11.0. The molecule has 0 aliphatic heterocycles. The first-order valence-electron chi connectivity index (χ1n) is 10.8. The van der Waals surface area contributed by atoms with E-state index in [-0.39, 0.29) is 28.0 Å². The molecule has 0 unspecified atom stereocenters. The van der Waals surface area contributed by atoms with Crippen molar-refractivity contribution in [2.75, 3.05) is 0 Å². The Kier molecular flexibility index (Phi) is 7.87. The molecule has 174 valence electrons. The van der Waals surface area contributed by atoms with Gasteiger partial charge in [0.1, 0.15) is 6.29 Å². The second-order valence-corrected chi connectivity index (χ2v) is 12.9. The highest BCUT2D eigenvalue weighted by molar-refractivity contribution is 8.09. The molecule has 2 atom stereocenters. The number of aldehydes is 1. The van der Waals surface area contributed by atoms with Crippen LogP contribution >= 0.6 is 0 Å². The van der Waals surface area contributed by atoms with Crippen LogP contribution < -0.4 is 0 Å². The predicted octanol–water partition coefficient (Wildman–Crippen LogP) is 4.91. The van der Waals surface area contributed by atoms with E-state index in [2.05, 4.69) is 0 Å². The highest BCUT2D eigenvalue weighted by Crippen LogP contribution is 2.38. The molecular weight excluding hydrogens is 456 g/mol. The van der Waals surface area contributed by atoms with Crippen LogP contribution in [0, 0.1) is 11.8 Å². The van der Waals surface area contributed by atoms with Crippen molar-refractivity contribution >= 4 is 26.0 Å². The molecule has 0 radical (unpaired) electrons. The van der Waals surface area contributed by atoms with Crippen molar-refractivity contribution in [3.05, 3.63) is 96.6 Å². The van der Waals surface area contributed by atoms with E-state index in [0.717, 1.165) is 5.56 Å². The predicted molar refractivity (Wildman–Crippen MR) is 129 cm³/mol. The van der Waals surface area contributed by atoms with E-state index >= 15 is 0 Å². The molecule has 0 N–H and O–H groups in total. The lowest BCUT2D eigenvalue weighted by molar-refractivity contribution is -0.112. The Balaban J connectivity index is 2.14. The lowest BCUT2D eigenvalue weighted by atomic mass is 9.78. The molecule has 0 saturated heterocycles. The fraction of sp³-hybridized carbons (Fsp3) is 0.269. The Bertz CT molecular complexity index is 1180. The summed E-state index contributed by atoms with van der Waals surface area (Å²) in [6, 6.07) is 24.4. The van der Waals surface area contributed by atoms with Gasteiger partial charge >= 0.3 is 0 Å². The van der Waals surface area contributed by atoms with E-state index in [1.807, 2.05) is 44.2 Å². The molecule has 7 heteroatoms. The standard InChI is InChI=1S/C26H28O5S2/c1-20(2)26(21-12-6-3-7-13-21)22(19-27)18-25(32(28,29)23-14-8-4-9-15-23)33(30,31)24-16-10-5-11-17-24/h3-17,19-20,22,25-26H,18H2,1-2H3/t22-,26+/m1/s1. The summed E-state index contributed by atoms with van der Waals surface area (Å²) in [6.07, 6.45) is 0.362. The van der Waals surface area contributed by atoms with Crippen LogP contribution in [-0.2, 0) is 24.5 Å². The van der Waals surface area contributed by atoms with Gasteiger partial charge in [-0.2, -0.15) is 0 Å². The van der Waals surface area contributed by atoms with Gasteiger partial charge in [-0.15, -0.1) is 0 Å². The number of sulfone groups is 2. The first-order valence-corrected chi connectivity index (χ1v) is 13.9. The molecule has 0 aliphatic carbocycles. The van der Waals surface area contributed by atoms with Crippen LogP contribution in [0.25, 0.3) is 0 Å². The number of carbonyl (C=O) groups excluding carboxylic acids is 1. The number of carbonyl (C=O) groups is 1. The smallest absolute Gasteiger partial charge is 0.195 e. The maximum atomic E-state index is 13.6. The fourth-order valence-corrected chi connectivity index (χ4v) is 8.89. The van der Waals surface area contributed by atoms with Crippen molar-refractivity contribution in [3.63, 3.8) is 0 Å². The highest BCUT2D eigenvalue weighted by Gasteiger charge is 2.43. The molecule has 3 aromatic rings. The largest absolute Gasteiger partial charge is 0.303 e. The van der Waals surface area contributed by atoms with Gasteiger partial charge in [0, 0.05) is 5.92 Å². The minimum absolute atomic E-state index is 0.0119. The quantitative estimate of drug-likeness (QED) is 0.382. The van der Waals surface area contributed by atoms with Gasteiger partial charge in [0.25, 0.3) is 0 Å². The second kappa shape index (κ2) is 10.4. The lowest BCUT2D eigenvalue weighted by Gasteiger charge is -2.30. The molecule has 33 heavy (non-hydrogen) atoms. The van der Waals surface area contributed by atoms with Gasteiger partial charge in [-0.05, 0) is 48.1 Å². The third-order valence-electron chi connectivity index (χ3n) is 5.84. The Hall–Kier alpha value is -2.77. The average molecular weight is 485 g/mol. The van der Waals surface area contributed by atoms with Crippen LogP contribution in [-0.4, -0.2) is 27.7 Å². The van der Waals surface area contributed by atoms with E-state index in [1.54, 1.807) is 36.4 Å². The van der Waals surface area contributed by atoms with Crippen LogP contribution in [0.4, 0.5) is 0 Å². The molecule has 0 aromatic heterocycles. The van der Waals surface area contributed by atoms with Gasteiger partial charge in [0.15, 0.2) is 24.3 Å². The minimum atomic E-state index is -4.30. The van der Waals surface area contributed by atoms with E-state index in [9.17, 15) is 21.6 Å². The number of rotatable bonds is 10. The molecule has 0 saturated carbocycles. The maximum absolute atomic E-state index is 13.6. The van der Waals surface area contributed by atoms with Crippen molar-refractivity contribution in [1.82, 2.24) is 0 Å². The fourth-order valence-electron chi connectivity index (χ4n) is 4.25. The van der Waals surface area contributed by atoms with Crippen LogP contribution in [0.1, 0.15) is 31.7 Å². The summed E-state index contributed by atoms with van der Waals surface area (Å²) in [6.45, 7) is 3.89. The molecular formula is C26H28O5S2. The van der Waals surface area contributed by atoms with Crippen molar-refractivity contribution < 1.29 is 21.6 Å². The van der Waals surface area contributed by atoms with Crippen molar-refractivity contribution in [1.29, 1.82) is 0 Å². The normalized spacial score (nSPS) is 14.2.